The summed E-state index contributed by atoms with van der Waals surface area (Å²) in [6.07, 6.45) is 0.0384. The van der Waals surface area contributed by atoms with E-state index in [1.54, 1.807) is 6.92 Å². The van der Waals surface area contributed by atoms with Crippen molar-refractivity contribution < 1.29 is 19.1 Å². The van der Waals surface area contributed by atoms with Crippen LogP contribution in [-0.4, -0.2) is 16.1 Å². The molecule has 6 heteroatoms. The molecule has 0 unspecified atom stereocenters. The summed E-state index contributed by atoms with van der Waals surface area (Å²) in [6.45, 7) is 4.01. The number of oxazole rings is 1. The van der Waals surface area contributed by atoms with Crippen LogP contribution in [-0.2, 0) is 17.8 Å². The average Bonchev–Trinajstić information content (AvgIpc) is 2.99. The minimum atomic E-state index is -0.823. The number of benzene rings is 1. The van der Waals surface area contributed by atoms with Crippen molar-refractivity contribution in [2.75, 3.05) is 0 Å². The van der Waals surface area contributed by atoms with Crippen molar-refractivity contribution in [2.24, 2.45) is 0 Å². The third-order valence-electron chi connectivity index (χ3n) is 3.34. The Bertz CT molecular complexity index is 834. The number of carboxylic acid groups (broad SMARTS) is 1. The quantitative estimate of drug-likeness (QED) is 0.776. The average molecular weight is 317 g/mol. The molecule has 0 aliphatic rings. The van der Waals surface area contributed by atoms with E-state index in [1.807, 2.05) is 30.5 Å². The van der Waals surface area contributed by atoms with Gasteiger partial charge in [-0.3, -0.25) is 4.79 Å². The van der Waals surface area contributed by atoms with Gasteiger partial charge < -0.3 is 14.3 Å². The number of hydrogen-bond donors (Lipinski definition) is 1. The van der Waals surface area contributed by atoms with Crippen molar-refractivity contribution in [3.8, 4) is 5.75 Å². The van der Waals surface area contributed by atoms with Gasteiger partial charge >= 0.3 is 5.97 Å². The summed E-state index contributed by atoms with van der Waals surface area (Å²) in [4.78, 5) is 15.0. The lowest BCUT2D eigenvalue weighted by atomic mass is 10.1. The Kier molecular flexibility index (Phi) is 3.85. The number of hydrogen-bond acceptors (Lipinski definition) is 5. The first-order valence-electron chi connectivity index (χ1n) is 6.80. The van der Waals surface area contributed by atoms with E-state index in [1.165, 1.54) is 11.3 Å². The van der Waals surface area contributed by atoms with Gasteiger partial charge in [0.25, 0.3) is 0 Å². The zero-order valence-corrected chi connectivity index (χ0v) is 13.1. The first kappa shape index (κ1) is 14.6. The van der Waals surface area contributed by atoms with E-state index in [4.69, 9.17) is 14.3 Å². The van der Waals surface area contributed by atoms with Gasteiger partial charge in [-0.2, -0.15) is 0 Å². The van der Waals surface area contributed by atoms with Gasteiger partial charge in [-0.1, -0.05) is 0 Å². The second kappa shape index (κ2) is 5.81. The van der Waals surface area contributed by atoms with E-state index in [9.17, 15) is 4.79 Å². The first-order valence-corrected chi connectivity index (χ1v) is 7.68. The molecule has 0 saturated carbocycles. The molecule has 2 aromatic heterocycles. The second-order valence-corrected chi connectivity index (χ2v) is 5.93. The number of carbonyl (C=O) groups is 1. The topological polar surface area (TPSA) is 72.6 Å². The maximum atomic E-state index is 10.8. The molecule has 1 N–H and O–H groups in total. The van der Waals surface area contributed by atoms with Crippen LogP contribution in [0.25, 0.3) is 10.1 Å². The molecule has 22 heavy (non-hydrogen) atoms. The number of aryl methyl sites for hydroxylation is 2. The van der Waals surface area contributed by atoms with Gasteiger partial charge in [0.15, 0.2) is 11.7 Å². The molecule has 1 aromatic carbocycles. The molecule has 114 valence electrons. The van der Waals surface area contributed by atoms with Gasteiger partial charge in [-0.15, -0.1) is 11.3 Å². The monoisotopic (exact) mass is 317 g/mol. The first-order chi connectivity index (χ1) is 10.5. The zero-order chi connectivity index (χ0) is 15.7. The minimum Gasteiger partial charge on any atom is -0.486 e. The normalized spacial score (nSPS) is 11.0. The predicted molar refractivity (Wildman–Crippen MR) is 83.5 cm³/mol. The lowest BCUT2D eigenvalue weighted by molar-refractivity contribution is -0.136. The molecule has 3 aromatic rings. The summed E-state index contributed by atoms with van der Waals surface area (Å²) in [7, 11) is 0. The van der Waals surface area contributed by atoms with Crippen LogP contribution in [0.3, 0.4) is 0 Å². The smallest absolute Gasteiger partial charge is 0.307 e. The molecule has 0 bridgehead atoms. The Balaban J connectivity index is 1.78. The molecule has 0 amide bonds. The fourth-order valence-electron chi connectivity index (χ4n) is 2.31. The highest BCUT2D eigenvalue weighted by Gasteiger charge is 2.10. The van der Waals surface area contributed by atoms with Crippen LogP contribution in [0.1, 0.15) is 22.9 Å². The van der Waals surface area contributed by atoms with Gasteiger partial charge in [0, 0.05) is 11.6 Å². The van der Waals surface area contributed by atoms with Crippen LogP contribution >= 0.6 is 11.3 Å². The van der Waals surface area contributed by atoms with Crippen LogP contribution in [0.5, 0.6) is 5.75 Å². The lowest BCUT2D eigenvalue weighted by Gasteiger charge is -2.05. The Labute approximate surface area is 131 Å². The van der Waals surface area contributed by atoms with E-state index in [0.717, 1.165) is 32.9 Å². The van der Waals surface area contributed by atoms with Crippen molar-refractivity contribution in [1.29, 1.82) is 0 Å². The highest BCUT2D eigenvalue weighted by Crippen LogP contribution is 2.30. The minimum absolute atomic E-state index is 0.0384. The van der Waals surface area contributed by atoms with Gasteiger partial charge in [-0.05, 0) is 41.5 Å². The summed E-state index contributed by atoms with van der Waals surface area (Å²) in [5, 5.41) is 11.7. The number of fused-ring (bicyclic) bond motifs is 1. The second-order valence-electron chi connectivity index (χ2n) is 5.02. The highest BCUT2D eigenvalue weighted by molar-refractivity contribution is 7.17. The number of nitrogens with zero attached hydrogens (tertiary/aromatic N) is 1. The molecule has 0 aliphatic heterocycles. The molecule has 5 nitrogen and oxygen atoms in total. The van der Waals surface area contributed by atoms with Crippen molar-refractivity contribution >= 4 is 27.4 Å². The van der Waals surface area contributed by atoms with E-state index in [2.05, 4.69) is 4.98 Å². The van der Waals surface area contributed by atoms with Gasteiger partial charge in [0.05, 0.1) is 12.1 Å². The van der Waals surface area contributed by atoms with Gasteiger partial charge in [0.1, 0.15) is 12.4 Å². The van der Waals surface area contributed by atoms with Gasteiger partial charge in [-0.25, -0.2) is 4.98 Å². The highest BCUT2D eigenvalue weighted by atomic mass is 32.1. The fourth-order valence-corrected chi connectivity index (χ4v) is 3.30. The molecule has 0 fully saturated rings. The van der Waals surface area contributed by atoms with Crippen LogP contribution < -0.4 is 4.74 Å². The molecule has 3 rings (SSSR count). The number of rotatable bonds is 5. The van der Waals surface area contributed by atoms with Crippen molar-refractivity contribution in [1.82, 2.24) is 4.98 Å². The number of thiophene rings is 1. The van der Waals surface area contributed by atoms with E-state index >= 15 is 0 Å². The SMILES string of the molecule is Cc1nc(C)c(COc2ccc3c(CC(=O)O)csc3c2)o1. The molecule has 0 aliphatic carbocycles. The largest absolute Gasteiger partial charge is 0.486 e. The molecule has 2 heterocycles. The summed E-state index contributed by atoms with van der Waals surface area (Å²) < 4.78 is 12.2. The summed E-state index contributed by atoms with van der Waals surface area (Å²) in [6, 6.07) is 5.67. The standard InChI is InChI=1S/C16H15NO4S/c1-9-14(21-10(2)17-9)7-20-12-3-4-13-11(5-16(18)19)8-22-15(13)6-12/h3-4,6,8H,5,7H2,1-2H3,(H,18,19). The summed E-state index contributed by atoms with van der Waals surface area (Å²) in [5.74, 6) is 1.25. The van der Waals surface area contributed by atoms with Crippen LogP contribution in [0.2, 0.25) is 0 Å². The van der Waals surface area contributed by atoms with Crippen LogP contribution in [0, 0.1) is 13.8 Å². The molecular formula is C16H15NO4S. The molecule has 0 spiro atoms. The summed E-state index contributed by atoms with van der Waals surface area (Å²) >= 11 is 1.52. The third kappa shape index (κ3) is 2.96. The summed E-state index contributed by atoms with van der Waals surface area (Å²) in [5.41, 5.74) is 1.67. The van der Waals surface area contributed by atoms with E-state index < -0.39 is 5.97 Å². The van der Waals surface area contributed by atoms with E-state index in [0.29, 0.717) is 12.5 Å². The van der Waals surface area contributed by atoms with Crippen molar-refractivity contribution in [3.05, 3.63) is 46.5 Å². The number of aliphatic carboxylic acids is 1. The zero-order valence-electron chi connectivity index (χ0n) is 12.3. The van der Waals surface area contributed by atoms with Crippen molar-refractivity contribution in [3.63, 3.8) is 0 Å². The molecule has 0 saturated heterocycles. The van der Waals surface area contributed by atoms with E-state index in [-0.39, 0.29) is 6.42 Å². The fraction of sp³-hybridized carbons (Fsp3) is 0.250. The molecule has 0 atom stereocenters. The van der Waals surface area contributed by atoms with Crippen molar-refractivity contribution in [2.45, 2.75) is 26.9 Å². The Morgan fingerprint density at radius 3 is 2.91 bits per heavy atom. The number of carboxylic acids is 1. The van der Waals surface area contributed by atoms with Crippen LogP contribution in [0.4, 0.5) is 0 Å². The predicted octanol–water partition coefficient (Wildman–Crippen LogP) is 3.71. The van der Waals surface area contributed by atoms with Gasteiger partial charge in [0.2, 0.25) is 0 Å². The molecule has 0 radical (unpaired) electrons. The number of ether oxygens (including phenoxy) is 1. The maximum Gasteiger partial charge on any atom is 0.307 e. The number of aromatic nitrogens is 1. The third-order valence-corrected chi connectivity index (χ3v) is 4.33. The Morgan fingerprint density at radius 2 is 2.23 bits per heavy atom. The lowest BCUT2D eigenvalue weighted by Crippen LogP contribution is -1.99. The maximum absolute atomic E-state index is 10.8. The Hall–Kier alpha value is -2.34. The Morgan fingerprint density at radius 1 is 1.41 bits per heavy atom. The van der Waals surface area contributed by atoms with Crippen LogP contribution in [0.15, 0.2) is 28.0 Å². The molecular weight excluding hydrogens is 302 g/mol.